The smallest absolute Gasteiger partial charge is 0.328 e. The van der Waals surface area contributed by atoms with E-state index in [1.54, 1.807) is 61.3 Å². The molecule has 284 valence electrons. The molecule has 0 aromatic heterocycles. The van der Waals surface area contributed by atoms with Crippen molar-refractivity contribution in [3.05, 3.63) is 82.9 Å². The van der Waals surface area contributed by atoms with Gasteiger partial charge in [0.15, 0.2) is 5.78 Å². The van der Waals surface area contributed by atoms with Crippen molar-refractivity contribution in [3.63, 3.8) is 0 Å². The molecule has 1 saturated heterocycles. The van der Waals surface area contributed by atoms with Gasteiger partial charge in [-0.1, -0.05) is 109 Å². The van der Waals surface area contributed by atoms with E-state index >= 15 is 0 Å². The summed E-state index contributed by atoms with van der Waals surface area (Å²) < 4.78 is 5.02. The quantitative estimate of drug-likeness (QED) is 0.137. The maximum Gasteiger partial charge on any atom is 0.328 e. The fraction of sp³-hybridized carbons (Fsp3) is 0.548. The fourth-order valence-corrected chi connectivity index (χ4v) is 6.71. The van der Waals surface area contributed by atoms with Crippen LogP contribution in [-0.2, 0) is 30.3 Å². The van der Waals surface area contributed by atoms with Crippen LogP contribution in [0, 0.1) is 11.3 Å². The monoisotopic (exact) mass is 716 g/mol. The Bertz CT molecular complexity index is 1560. The van der Waals surface area contributed by atoms with Gasteiger partial charge in [0.05, 0.1) is 19.2 Å². The molecule has 52 heavy (non-hydrogen) atoms. The Morgan fingerprint density at radius 2 is 1.56 bits per heavy atom. The van der Waals surface area contributed by atoms with Crippen molar-refractivity contribution in [2.75, 3.05) is 20.7 Å². The molecule has 2 aromatic rings. The second-order valence-electron chi connectivity index (χ2n) is 15.5. The van der Waals surface area contributed by atoms with Crippen LogP contribution in [-0.4, -0.2) is 90.2 Å². The first-order valence-corrected chi connectivity index (χ1v) is 18.6. The molecule has 0 spiro atoms. The number of nitrogens with zero attached hydrogens (tertiary/aromatic N) is 2. The van der Waals surface area contributed by atoms with Gasteiger partial charge in [0.1, 0.15) is 12.1 Å². The first-order valence-electron chi connectivity index (χ1n) is 18.6. The van der Waals surface area contributed by atoms with Crippen LogP contribution in [0.25, 0.3) is 0 Å². The van der Waals surface area contributed by atoms with Gasteiger partial charge in [-0.3, -0.25) is 24.1 Å². The zero-order chi connectivity index (χ0) is 38.7. The van der Waals surface area contributed by atoms with Crippen molar-refractivity contribution >= 4 is 29.5 Å². The first-order chi connectivity index (χ1) is 24.5. The summed E-state index contributed by atoms with van der Waals surface area (Å²) in [6.07, 6.45) is 5.62. The highest BCUT2D eigenvalue weighted by molar-refractivity contribution is 6.09. The predicted octanol–water partition coefficient (Wildman–Crippen LogP) is 5.73. The van der Waals surface area contributed by atoms with Gasteiger partial charge in [-0.15, -0.1) is 0 Å². The summed E-state index contributed by atoms with van der Waals surface area (Å²) in [7, 11) is 2.97. The number of methoxy groups -OCH3 is 1. The molecule has 2 unspecified atom stereocenters. The number of rotatable bonds is 15. The summed E-state index contributed by atoms with van der Waals surface area (Å²) in [5.41, 5.74) is 1.59. The molecule has 1 fully saturated rings. The van der Waals surface area contributed by atoms with Gasteiger partial charge in [0.25, 0.3) is 0 Å². The SMILES string of the molecule is CCC(C)N1CCCCC1C(=O)N[C@H](C(=O)N(C)[C@H](/C=C(\C)C(=O)N[C@@H](Cc1ccc(C(=O)c2ccccc2)cc1)C(=O)OC)C(C)C)C(C)(C)C. The summed E-state index contributed by atoms with van der Waals surface area (Å²) in [4.78, 5) is 71.0. The van der Waals surface area contributed by atoms with E-state index in [0.717, 1.165) is 37.8 Å². The number of nitrogens with one attached hydrogen (secondary N) is 2. The third kappa shape index (κ3) is 11.1. The van der Waals surface area contributed by atoms with Crippen LogP contribution in [0.4, 0.5) is 0 Å². The number of amides is 3. The van der Waals surface area contributed by atoms with E-state index in [-0.39, 0.29) is 42.0 Å². The second kappa shape index (κ2) is 19.0. The third-order valence-corrected chi connectivity index (χ3v) is 10.1. The molecule has 1 heterocycles. The number of carbonyl (C=O) groups is 5. The van der Waals surface area contributed by atoms with Crippen LogP contribution >= 0.6 is 0 Å². The Hall–Kier alpha value is -4.31. The minimum Gasteiger partial charge on any atom is -0.467 e. The van der Waals surface area contributed by atoms with E-state index in [1.165, 1.54) is 7.11 Å². The highest BCUT2D eigenvalue weighted by Gasteiger charge is 2.40. The highest BCUT2D eigenvalue weighted by atomic mass is 16.5. The largest absolute Gasteiger partial charge is 0.467 e. The summed E-state index contributed by atoms with van der Waals surface area (Å²) in [6.45, 7) is 16.5. The Morgan fingerprint density at radius 1 is 0.942 bits per heavy atom. The topological polar surface area (TPSA) is 125 Å². The lowest BCUT2D eigenvalue weighted by Crippen LogP contribution is -2.60. The zero-order valence-corrected chi connectivity index (χ0v) is 32.8. The summed E-state index contributed by atoms with van der Waals surface area (Å²) >= 11 is 0. The number of carbonyl (C=O) groups excluding carboxylic acids is 5. The van der Waals surface area contributed by atoms with Crippen molar-refractivity contribution in [2.45, 2.75) is 118 Å². The number of ether oxygens (including phenoxy) is 1. The Labute approximate surface area is 310 Å². The fourth-order valence-electron chi connectivity index (χ4n) is 6.71. The van der Waals surface area contributed by atoms with Crippen molar-refractivity contribution < 1.29 is 28.7 Å². The zero-order valence-electron chi connectivity index (χ0n) is 32.8. The van der Waals surface area contributed by atoms with Crippen molar-refractivity contribution in [2.24, 2.45) is 11.3 Å². The van der Waals surface area contributed by atoms with Crippen LogP contribution in [0.5, 0.6) is 0 Å². The number of likely N-dealkylation sites (N-methyl/N-ethyl adjacent to an activating group) is 1. The minimum atomic E-state index is -0.983. The van der Waals surface area contributed by atoms with Crippen LogP contribution < -0.4 is 10.6 Å². The molecule has 2 N–H and O–H groups in total. The number of hydrogen-bond acceptors (Lipinski definition) is 7. The lowest BCUT2D eigenvalue weighted by Gasteiger charge is -2.41. The van der Waals surface area contributed by atoms with E-state index < -0.39 is 35.4 Å². The van der Waals surface area contributed by atoms with Crippen LogP contribution in [0.3, 0.4) is 0 Å². The minimum absolute atomic E-state index is 0.0687. The number of likely N-dealkylation sites (tertiary alicyclic amines) is 1. The molecule has 10 nitrogen and oxygen atoms in total. The molecule has 10 heteroatoms. The number of esters is 1. The Balaban J connectivity index is 1.76. The average Bonchev–Trinajstić information content (AvgIpc) is 3.13. The van der Waals surface area contributed by atoms with Crippen LogP contribution in [0.15, 0.2) is 66.2 Å². The van der Waals surface area contributed by atoms with E-state index in [2.05, 4.69) is 29.4 Å². The van der Waals surface area contributed by atoms with Gasteiger partial charge in [-0.05, 0) is 56.6 Å². The Morgan fingerprint density at radius 3 is 2.12 bits per heavy atom. The molecule has 0 radical (unpaired) electrons. The standard InChI is InChI=1S/C42H60N4O6/c1-11-29(5)46-24-16-15-19-34(46)39(49)44-37(42(6,7)8)40(50)45(9)35(27(2)3)25-28(4)38(48)43-33(41(51)52-10)26-30-20-22-32(23-21-30)36(47)31-17-13-12-14-18-31/h12-14,17-18,20-23,25,27,29,33-35,37H,11,15-16,19,24,26H2,1-10H3,(H,43,48)(H,44,49)/b28-25+/t29?,33-,34?,35+,37+/m0/s1. The number of ketones is 1. The van der Waals surface area contributed by atoms with Crippen molar-refractivity contribution in [3.8, 4) is 0 Å². The maximum atomic E-state index is 14.2. The summed E-state index contributed by atoms with van der Waals surface area (Å²) in [5, 5.41) is 5.94. The average molecular weight is 717 g/mol. The number of hydrogen-bond donors (Lipinski definition) is 2. The number of piperidine rings is 1. The van der Waals surface area contributed by atoms with E-state index in [4.69, 9.17) is 4.74 Å². The van der Waals surface area contributed by atoms with Gasteiger partial charge in [-0.2, -0.15) is 0 Å². The van der Waals surface area contributed by atoms with Gasteiger partial charge in [0.2, 0.25) is 17.7 Å². The molecule has 0 bridgehead atoms. The Kier molecular flexibility index (Phi) is 15.4. The molecule has 3 amide bonds. The lowest BCUT2D eigenvalue weighted by atomic mass is 9.84. The van der Waals surface area contributed by atoms with E-state index in [9.17, 15) is 24.0 Å². The van der Waals surface area contributed by atoms with Gasteiger partial charge in [-0.25, -0.2) is 4.79 Å². The lowest BCUT2D eigenvalue weighted by molar-refractivity contribution is -0.144. The molecule has 1 aliphatic rings. The summed E-state index contributed by atoms with van der Waals surface area (Å²) in [5.74, 6) is -1.62. The first kappa shape index (κ1) is 42.1. The predicted molar refractivity (Wildman–Crippen MR) is 205 cm³/mol. The molecule has 0 saturated carbocycles. The van der Waals surface area contributed by atoms with E-state index in [0.29, 0.717) is 16.7 Å². The molecule has 2 aromatic carbocycles. The third-order valence-electron chi connectivity index (χ3n) is 10.1. The molecule has 3 rings (SSSR count). The van der Waals surface area contributed by atoms with Crippen molar-refractivity contribution in [1.29, 1.82) is 0 Å². The molecule has 0 aliphatic carbocycles. The van der Waals surface area contributed by atoms with Gasteiger partial charge in [0, 0.05) is 36.2 Å². The molecular formula is C42H60N4O6. The summed E-state index contributed by atoms with van der Waals surface area (Å²) in [6, 6.07) is 13.7. The van der Waals surface area contributed by atoms with Gasteiger partial charge >= 0.3 is 5.97 Å². The molecule has 5 atom stereocenters. The maximum absolute atomic E-state index is 14.2. The second-order valence-corrected chi connectivity index (χ2v) is 15.5. The van der Waals surface area contributed by atoms with E-state index in [1.807, 2.05) is 52.8 Å². The highest BCUT2D eigenvalue weighted by Crippen LogP contribution is 2.26. The van der Waals surface area contributed by atoms with Crippen molar-refractivity contribution in [1.82, 2.24) is 20.4 Å². The molecule has 1 aliphatic heterocycles. The van der Waals surface area contributed by atoms with Crippen LogP contribution in [0.1, 0.15) is 103 Å². The molecular weight excluding hydrogens is 656 g/mol. The van der Waals surface area contributed by atoms with Crippen LogP contribution in [0.2, 0.25) is 0 Å². The normalized spacial score (nSPS) is 17.8. The number of benzene rings is 2. The van der Waals surface area contributed by atoms with Gasteiger partial charge < -0.3 is 20.3 Å².